The molecule has 0 aliphatic carbocycles. The van der Waals surface area contributed by atoms with Gasteiger partial charge in [0.25, 0.3) is 5.91 Å². The van der Waals surface area contributed by atoms with Gasteiger partial charge >= 0.3 is 0 Å². The SMILES string of the molecule is C=CC(C)N1C(=O)C(CCSC)NC1=S. The molecule has 15 heavy (non-hydrogen) atoms. The molecule has 3 nitrogen and oxygen atoms in total. The normalized spacial score (nSPS) is 22.8. The van der Waals surface area contributed by atoms with Crippen LogP contribution in [0.4, 0.5) is 0 Å². The van der Waals surface area contributed by atoms with E-state index in [1.54, 1.807) is 22.7 Å². The average Bonchev–Trinajstić information content (AvgIpc) is 2.50. The molecule has 0 spiro atoms. The minimum atomic E-state index is -0.146. The van der Waals surface area contributed by atoms with Gasteiger partial charge in [-0.05, 0) is 37.6 Å². The van der Waals surface area contributed by atoms with Crippen LogP contribution in [0.1, 0.15) is 13.3 Å². The molecule has 2 unspecified atom stereocenters. The highest BCUT2D eigenvalue weighted by atomic mass is 32.2. The Hall–Kier alpha value is -0.550. The Labute approximate surface area is 100 Å². The van der Waals surface area contributed by atoms with E-state index in [1.807, 2.05) is 13.2 Å². The molecule has 1 aliphatic rings. The molecule has 5 heteroatoms. The summed E-state index contributed by atoms with van der Waals surface area (Å²) in [6.45, 7) is 5.59. The highest BCUT2D eigenvalue weighted by molar-refractivity contribution is 7.98. The van der Waals surface area contributed by atoms with E-state index >= 15 is 0 Å². The van der Waals surface area contributed by atoms with Crippen molar-refractivity contribution in [3.63, 3.8) is 0 Å². The van der Waals surface area contributed by atoms with E-state index in [9.17, 15) is 4.79 Å². The molecule has 1 rings (SSSR count). The number of hydrogen-bond acceptors (Lipinski definition) is 3. The summed E-state index contributed by atoms with van der Waals surface area (Å²) in [5.74, 6) is 1.03. The smallest absolute Gasteiger partial charge is 0.251 e. The largest absolute Gasteiger partial charge is 0.350 e. The third kappa shape index (κ3) is 2.72. The Kier molecular flexibility index (Phi) is 4.60. The fraction of sp³-hybridized carbons (Fsp3) is 0.600. The number of rotatable bonds is 5. The Balaban J connectivity index is 2.66. The molecule has 1 aliphatic heterocycles. The van der Waals surface area contributed by atoms with Crippen molar-refractivity contribution in [1.29, 1.82) is 0 Å². The first-order chi connectivity index (χ1) is 7.11. The Morgan fingerprint density at radius 3 is 3.00 bits per heavy atom. The van der Waals surface area contributed by atoms with Gasteiger partial charge in [0, 0.05) is 0 Å². The van der Waals surface area contributed by atoms with Gasteiger partial charge in [-0.2, -0.15) is 11.8 Å². The second-order valence-corrected chi connectivity index (χ2v) is 4.84. The zero-order chi connectivity index (χ0) is 11.4. The van der Waals surface area contributed by atoms with Gasteiger partial charge in [0.1, 0.15) is 6.04 Å². The lowest BCUT2D eigenvalue weighted by molar-refractivity contribution is -0.127. The number of nitrogens with one attached hydrogen (secondary N) is 1. The number of carbonyl (C=O) groups excluding carboxylic acids is 1. The van der Waals surface area contributed by atoms with E-state index in [2.05, 4.69) is 11.9 Å². The summed E-state index contributed by atoms with van der Waals surface area (Å²) in [6, 6.07) is -0.177. The van der Waals surface area contributed by atoms with E-state index in [1.165, 1.54) is 0 Å². The Morgan fingerprint density at radius 1 is 1.80 bits per heavy atom. The summed E-state index contributed by atoms with van der Waals surface area (Å²) in [7, 11) is 0. The van der Waals surface area contributed by atoms with Crippen LogP contribution in [0.15, 0.2) is 12.7 Å². The lowest BCUT2D eigenvalue weighted by atomic mass is 10.2. The Morgan fingerprint density at radius 2 is 2.47 bits per heavy atom. The van der Waals surface area contributed by atoms with Crippen molar-refractivity contribution in [2.24, 2.45) is 0 Å². The molecular weight excluding hydrogens is 228 g/mol. The second-order valence-electron chi connectivity index (χ2n) is 3.47. The second kappa shape index (κ2) is 5.51. The standard InChI is InChI=1S/C10H16N2OS2/c1-4-7(2)12-9(13)8(5-6-15-3)11-10(12)14/h4,7-8H,1,5-6H2,2-3H3,(H,11,14). The lowest BCUT2D eigenvalue weighted by Crippen LogP contribution is -2.37. The van der Waals surface area contributed by atoms with Crippen molar-refractivity contribution in [3.05, 3.63) is 12.7 Å². The molecule has 84 valence electrons. The quantitative estimate of drug-likeness (QED) is 0.585. The van der Waals surface area contributed by atoms with Gasteiger partial charge in [0.2, 0.25) is 0 Å². The number of thiocarbonyl (C=S) groups is 1. The first-order valence-corrected chi connectivity index (χ1v) is 6.67. The van der Waals surface area contributed by atoms with E-state index in [-0.39, 0.29) is 18.0 Å². The molecule has 0 bridgehead atoms. The Bertz CT molecular complexity index is 281. The van der Waals surface area contributed by atoms with Crippen molar-refractivity contribution in [1.82, 2.24) is 10.2 Å². The molecule has 0 aromatic heterocycles. The van der Waals surface area contributed by atoms with Crippen molar-refractivity contribution in [2.45, 2.75) is 25.4 Å². The molecule has 0 aromatic rings. The van der Waals surface area contributed by atoms with Crippen molar-refractivity contribution in [2.75, 3.05) is 12.0 Å². The van der Waals surface area contributed by atoms with Crippen LogP contribution >= 0.6 is 24.0 Å². The van der Waals surface area contributed by atoms with Crippen molar-refractivity contribution in [3.8, 4) is 0 Å². The van der Waals surface area contributed by atoms with Crippen LogP contribution in [0.2, 0.25) is 0 Å². The van der Waals surface area contributed by atoms with Gasteiger partial charge in [0.15, 0.2) is 5.11 Å². The predicted molar refractivity (Wildman–Crippen MR) is 69.0 cm³/mol. The summed E-state index contributed by atoms with van der Waals surface area (Å²) >= 11 is 6.86. The lowest BCUT2D eigenvalue weighted by Gasteiger charge is -2.19. The molecule has 0 saturated carbocycles. The van der Waals surface area contributed by atoms with Crippen LogP contribution < -0.4 is 5.32 Å². The first kappa shape index (κ1) is 12.5. The third-order valence-corrected chi connectivity index (χ3v) is 3.37. The monoisotopic (exact) mass is 244 g/mol. The van der Waals surface area contributed by atoms with Crippen molar-refractivity contribution >= 4 is 35.0 Å². The minimum Gasteiger partial charge on any atom is -0.350 e. The van der Waals surface area contributed by atoms with Crippen LogP contribution in [0.3, 0.4) is 0 Å². The van der Waals surface area contributed by atoms with Crippen LogP contribution in [0.5, 0.6) is 0 Å². The maximum absolute atomic E-state index is 11.9. The summed E-state index contributed by atoms with van der Waals surface area (Å²) < 4.78 is 0. The molecule has 1 N–H and O–H groups in total. The molecule has 1 heterocycles. The highest BCUT2D eigenvalue weighted by Gasteiger charge is 2.36. The van der Waals surface area contributed by atoms with Crippen LogP contribution in [-0.4, -0.2) is 40.0 Å². The van der Waals surface area contributed by atoms with E-state index < -0.39 is 0 Å². The molecule has 0 radical (unpaired) electrons. The molecule has 2 atom stereocenters. The van der Waals surface area contributed by atoms with Gasteiger partial charge in [-0.3, -0.25) is 9.69 Å². The van der Waals surface area contributed by atoms with Crippen molar-refractivity contribution < 1.29 is 4.79 Å². The predicted octanol–water partition coefficient (Wildman–Crippen LogP) is 1.40. The molecule has 0 aromatic carbocycles. The summed E-state index contributed by atoms with van der Waals surface area (Å²) in [5.41, 5.74) is 0. The van der Waals surface area contributed by atoms with Gasteiger partial charge in [-0.1, -0.05) is 6.08 Å². The van der Waals surface area contributed by atoms with E-state index in [0.717, 1.165) is 12.2 Å². The van der Waals surface area contributed by atoms with Crippen LogP contribution in [-0.2, 0) is 4.79 Å². The summed E-state index contributed by atoms with van der Waals surface area (Å²) in [6.07, 6.45) is 4.57. The van der Waals surface area contributed by atoms with Gasteiger partial charge in [-0.25, -0.2) is 0 Å². The number of nitrogens with zero attached hydrogens (tertiary/aromatic N) is 1. The number of hydrogen-bond donors (Lipinski definition) is 1. The fourth-order valence-corrected chi connectivity index (χ4v) is 2.34. The molecule has 1 amide bonds. The zero-order valence-electron chi connectivity index (χ0n) is 9.03. The number of thioether (sulfide) groups is 1. The number of carbonyl (C=O) groups is 1. The molecule has 1 fully saturated rings. The number of amides is 1. The topological polar surface area (TPSA) is 32.3 Å². The first-order valence-electron chi connectivity index (χ1n) is 4.87. The van der Waals surface area contributed by atoms with E-state index in [4.69, 9.17) is 12.2 Å². The summed E-state index contributed by atoms with van der Waals surface area (Å²) in [4.78, 5) is 13.5. The fourth-order valence-electron chi connectivity index (χ4n) is 1.47. The van der Waals surface area contributed by atoms with Crippen LogP contribution in [0, 0.1) is 0 Å². The summed E-state index contributed by atoms with van der Waals surface area (Å²) in [5, 5.41) is 3.58. The molecular formula is C10H16N2OS2. The highest BCUT2D eigenvalue weighted by Crippen LogP contribution is 2.15. The van der Waals surface area contributed by atoms with Crippen LogP contribution in [0.25, 0.3) is 0 Å². The average molecular weight is 244 g/mol. The maximum atomic E-state index is 11.9. The van der Waals surface area contributed by atoms with Gasteiger partial charge in [0.05, 0.1) is 6.04 Å². The zero-order valence-corrected chi connectivity index (χ0v) is 10.7. The third-order valence-electron chi connectivity index (χ3n) is 2.41. The molecule has 1 saturated heterocycles. The maximum Gasteiger partial charge on any atom is 0.251 e. The van der Waals surface area contributed by atoms with E-state index in [0.29, 0.717) is 5.11 Å². The minimum absolute atomic E-state index is 0.0308. The van der Waals surface area contributed by atoms with Gasteiger partial charge in [-0.15, -0.1) is 6.58 Å². The van der Waals surface area contributed by atoms with Gasteiger partial charge < -0.3 is 5.32 Å².